The van der Waals surface area contributed by atoms with Crippen LogP contribution in [-0.2, 0) is 14.2 Å². The quantitative estimate of drug-likeness (QED) is 0.452. The maximum absolute atomic E-state index is 9.47. The highest BCUT2D eigenvalue weighted by atomic mass is 16.9. The third-order valence-electron chi connectivity index (χ3n) is 2.13. The van der Waals surface area contributed by atoms with Crippen molar-refractivity contribution in [1.29, 1.82) is 0 Å². The monoisotopic (exact) mass is 194 g/mol. The van der Waals surface area contributed by atoms with Gasteiger partial charge < -0.3 is 29.5 Å². The second kappa shape index (κ2) is 3.87. The molecule has 1 heterocycles. The van der Waals surface area contributed by atoms with Crippen molar-refractivity contribution >= 4 is 0 Å². The Morgan fingerprint density at radius 1 is 1.31 bits per heavy atom. The first-order valence-electron chi connectivity index (χ1n) is 3.86. The van der Waals surface area contributed by atoms with Crippen LogP contribution in [0.25, 0.3) is 0 Å². The first-order valence-corrected chi connectivity index (χ1v) is 3.86. The molecule has 1 saturated heterocycles. The molecule has 13 heavy (non-hydrogen) atoms. The van der Waals surface area contributed by atoms with Gasteiger partial charge in [-0.1, -0.05) is 0 Å². The van der Waals surface area contributed by atoms with Gasteiger partial charge in [-0.2, -0.15) is 0 Å². The Morgan fingerprint density at radius 2 is 1.85 bits per heavy atom. The lowest BCUT2D eigenvalue weighted by molar-refractivity contribution is -0.378. The minimum atomic E-state index is -1.67. The van der Waals surface area contributed by atoms with E-state index in [1.165, 1.54) is 14.2 Å². The summed E-state index contributed by atoms with van der Waals surface area (Å²) < 4.78 is 14.6. The molecule has 3 N–H and O–H groups in total. The topological polar surface area (TPSA) is 88.4 Å². The predicted octanol–water partition coefficient (Wildman–Crippen LogP) is -1.95. The fourth-order valence-corrected chi connectivity index (χ4v) is 1.33. The first kappa shape index (κ1) is 10.8. The molecule has 1 aliphatic heterocycles. The van der Waals surface area contributed by atoms with E-state index in [2.05, 4.69) is 0 Å². The van der Waals surface area contributed by atoms with E-state index in [1.54, 1.807) is 0 Å². The van der Waals surface area contributed by atoms with Gasteiger partial charge in [0.2, 0.25) is 0 Å². The molecule has 0 amide bonds. The van der Waals surface area contributed by atoms with Gasteiger partial charge in [0, 0.05) is 14.2 Å². The van der Waals surface area contributed by atoms with Crippen LogP contribution >= 0.6 is 0 Å². The predicted molar refractivity (Wildman–Crippen MR) is 40.7 cm³/mol. The second-order valence-corrected chi connectivity index (χ2v) is 2.79. The van der Waals surface area contributed by atoms with Crippen LogP contribution in [-0.4, -0.2) is 60.4 Å². The molecule has 0 bridgehead atoms. The first-order chi connectivity index (χ1) is 6.11. The van der Waals surface area contributed by atoms with E-state index in [0.29, 0.717) is 0 Å². The Kier molecular flexibility index (Phi) is 3.23. The lowest BCUT2D eigenvalue weighted by atomic mass is 10.1. The van der Waals surface area contributed by atoms with Gasteiger partial charge in [-0.25, -0.2) is 0 Å². The number of hydrogen-bond acceptors (Lipinski definition) is 6. The SMILES string of the molecule is COC1(OC)OC(CO)C(O)C1O. The Morgan fingerprint density at radius 3 is 2.08 bits per heavy atom. The van der Waals surface area contributed by atoms with Gasteiger partial charge in [-0.15, -0.1) is 0 Å². The van der Waals surface area contributed by atoms with E-state index in [1.807, 2.05) is 0 Å². The van der Waals surface area contributed by atoms with Crippen LogP contribution in [0.2, 0.25) is 0 Å². The van der Waals surface area contributed by atoms with Crippen molar-refractivity contribution in [1.82, 2.24) is 0 Å². The minimum Gasteiger partial charge on any atom is -0.394 e. The average molecular weight is 194 g/mol. The standard InChI is InChI=1S/C7H14O6/c1-11-7(12-2)6(10)5(9)4(3-8)13-7/h4-6,8-10H,3H2,1-2H3. The van der Waals surface area contributed by atoms with E-state index in [0.717, 1.165) is 0 Å². The highest BCUT2D eigenvalue weighted by Gasteiger charge is 2.55. The molecule has 1 aliphatic rings. The molecule has 6 heteroatoms. The maximum atomic E-state index is 9.47. The van der Waals surface area contributed by atoms with Crippen LogP contribution in [0.3, 0.4) is 0 Å². The molecule has 0 aromatic carbocycles. The van der Waals surface area contributed by atoms with Crippen molar-refractivity contribution in [2.45, 2.75) is 24.3 Å². The van der Waals surface area contributed by atoms with Crippen LogP contribution < -0.4 is 0 Å². The molecular weight excluding hydrogens is 180 g/mol. The van der Waals surface area contributed by atoms with Crippen molar-refractivity contribution < 1.29 is 29.5 Å². The fourth-order valence-electron chi connectivity index (χ4n) is 1.33. The summed E-state index contributed by atoms with van der Waals surface area (Å²) in [5.41, 5.74) is 0. The van der Waals surface area contributed by atoms with Gasteiger partial charge in [0.1, 0.15) is 12.2 Å². The molecule has 1 rings (SSSR count). The zero-order chi connectivity index (χ0) is 10.1. The third kappa shape index (κ3) is 1.56. The number of rotatable bonds is 3. The van der Waals surface area contributed by atoms with Gasteiger partial charge in [0.25, 0.3) is 0 Å². The van der Waals surface area contributed by atoms with E-state index >= 15 is 0 Å². The van der Waals surface area contributed by atoms with Gasteiger partial charge in [-0.05, 0) is 0 Å². The molecule has 0 saturated carbocycles. The van der Waals surface area contributed by atoms with Crippen molar-refractivity contribution in [2.24, 2.45) is 0 Å². The van der Waals surface area contributed by atoms with Crippen LogP contribution in [0.5, 0.6) is 0 Å². The summed E-state index contributed by atoms with van der Waals surface area (Å²) in [6, 6.07) is 0. The summed E-state index contributed by atoms with van der Waals surface area (Å²) >= 11 is 0. The molecule has 0 aromatic heterocycles. The fraction of sp³-hybridized carbons (Fsp3) is 1.00. The summed E-state index contributed by atoms with van der Waals surface area (Å²) in [6.45, 7) is -0.410. The molecular formula is C7H14O6. The molecule has 3 atom stereocenters. The minimum absolute atomic E-state index is 0.410. The molecule has 0 spiro atoms. The number of methoxy groups -OCH3 is 2. The van der Waals surface area contributed by atoms with Crippen LogP contribution in [0.4, 0.5) is 0 Å². The van der Waals surface area contributed by atoms with Gasteiger partial charge in [0.05, 0.1) is 6.61 Å². The molecule has 78 valence electrons. The Labute approximate surface area is 75.6 Å². The summed E-state index contributed by atoms with van der Waals surface area (Å²) in [5.74, 6) is -1.67. The van der Waals surface area contributed by atoms with E-state index < -0.39 is 30.9 Å². The Hall–Kier alpha value is -0.240. The zero-order valence-corrected chi connectivity index (χ0v) is 7.51. The smallest absolute Gasteiger partial charge is 0.313 e. The largest absolute Gasteiger partial charge is 0.394 e. The number of hydrogen-bond donors (Lipinski definition) is 3. The number of ether oxygens (including phenoxy) is 3. The number of aliphatic hydroxyl groups is 3. The van der Waals surface area contributed by atoms with Gasteiger partial charge in [0.15, 0.2) is 6.10 Å². The molecule has 0 radical (unpaired) electrons. The molecule has 3 unspecified atom stereocenters. The van der Waals surface area contributed by atoms with Gasteiger partial charge >= 0.3 is 5.97 Å². The van der Waals surface area contributed by atoms with Crippen molar-refractivity contribution in [2.75, 3.05) is 20.8 Å². The highest BCUT2D eigenvalue weighted by Crippen LogP contribution is 2.32. The molecule has 0 aromatic rings. The molecule has 6 nitrogen and oxygen atoms in total. The lowest BCUT2D eigenvalue weighted by Crippen LogP contribution is -2.46. The van der Waals surface area contributed by atoms with Crippen LogP contribution in [0, 0.1) is 0 Å². The number of aliphatic hydroxyl groups excluding tert-OH is 3. The summed E-state index contributed by atoms with van der Waals surface area (Å²) in [5, 5.41) is 27.6. The second-order valence-electron chi connectivity index (χ2n) is 2.79. The van der Waals surface area contributed by atoms with Crippen molar-refractivity contribution in [3.8, 4) is 0 Å². The lowest BCUT2D eigenvalue weighted by Gasteiger charge is -2.27. The van der Waals surface area contributed by atoms with Gasteiger partial charge in [-0.3, -0.25) is 0 Å². The summed E-state index contributed by atoms with van der Waals surface area (Å²) in [4.78, 5) is 0. The van der Waals surface area contributed by atoms with Crippen molar-refractivity contribution in [3.05, 3.63) is 0 Å². The summed E-state index contributed by atoms with van der Waals surface area (Å²) in [6.07, 6.45) is -3.44. The Balaban J connectivity index is 2.79. The maximum Gasteiger partial charge on any atom is 0.313 e. The zero-order valence-electron chi connectivity index (χ0n) is 7.51. The average Bonchev–Trinajstić information content (AvgIpc) is 2.42. The molecule has 0 aliphatic carbocycles. The van der Waals surface area contributed by atoms with Crippen LogP contribution in [0.15, 0.2) is 0 Å². The summed E-state index contributed by atoms with van der Waals surface area (Å²) in [7, 11) is 2.55. The van der Waals surface area contributed by atoms with E-state index in [-0.39, 0.29) is 0 Å². The van der Waals surface area contributed by atoms with Crippen molar-refractivity contribution in [3.63, 3.8) is 0 Å². The third-order valence-corrected chi connectivity index (χ3v) is 2.13. The highest BCUT2D eigenvalue weighted by molar-refractivity contribution is 4.91. The normalized spacial score (nSPS) is 38.1. The van der Waals surface area contributed by atoms with E-state index in [9.17, 15) is 10.2 Å². The van der Waals surface area contributed by atoms with Crippen LogP contribution in [0.1, 0.15) is 0 Å². The molecule has 1 fully saturated rings. The Bertz CT molecular complexity index is 168. The van der Waals surface area contributed by atoms with E-state index in [4.69, 9.17) is 19.3 Å².